The van der Waals surface area contributed by atoms with E-state index in [9.17, 15) is 14.0 Å². The van der Waals surface area contributed by atoms with Gasteiger partial charge < -0.3 is 25.2 Å². The summed E-state index contributed by atoms with van der Waals surface area (Å²) >= 11 is 0. The molecule has 196 valence electrons. The molecule has 4 rings (SSSR count). The van der Waals surface area contributed by atoms with Gasteiger partial charge >= 0.3 is 0 Å². The SMILES string of the molecule is CC#CCN1CC(N2c3nc(Nc4cc(F)c(C(=O)NCC)cc4OC)ncc3N(C)C(=O)[C@H]2CC)C1. The topological polar surface area (TPSA) is 103 Å². The maximum absolute atomic E-state index is 14.8. The number of ether oxygens (including phenoxy) is 1. The maximum atomic E-state index is 14.8. The predicted octanol–water partition coefficient (Wildman–Crippen LogP) is 2.39. The average molecular weight is 510 g/mol. The van der Waals surface area contributed by atoms with Crippen molar-refractivity contribution in [3.8, 4) is 17.6 Å². The fourth-order valence-electron chi connectivity index (χ4n) is 4.67. The molecular weight excluding hydrogens is 477 g/mol. The van der Waals surface area contributed by atoms with Gasteiger partial charge in [-0.05, 0) is 26.3 Å². The summed E-state index contributed by atoms with van der Waals surface area (Å²) in [5, 5.41) is 5.61. The first-order valence-electron chi connectivity index (χ1n) is 12.3. The molecule has 1 aromatic carbocycles. The highest BCUT2D eigenvalue weighted by molar-refractivity contribution is 6.04. The van der Waals surface area contributed by atoms with Crippen LogP contribution in [0.2, 0.25) is 0 Å². The normalized spacial score (nSPS) is 17.5. The third kappa shape index (κ3) is 5.02. The second-order valence-electron chi connectivity index (χ2n) is 8.92. The molecule has 0 aliphatic carbocycles. The number of likely N-dealkylation sites (tertiary alicyclic amines) is 1. The van der Waals surface area contributed by atoms with Crippen LogP contribution in [0.5, 0.6) is 5.75 Å². The van der Waals surface area contributed by atoms with Crippen molar-refractivity contribution < 1.29 is 18.7 Å². The summed E-state index contributed by atoms with van der Waals surface area (Å²) in [6, 6.07) is 2.28. The number of aromatic nitrogens is 2. The number of carbonyl (C=O) groups excluding carboxylic acids is 2. The van der Waals surface area contributed by atoms with Gasteiger partial charge in [0.1, 0.15) is 23.3 Å². The van der Waals surface area contributed by atoms with Crippen LogP contribution in [0.3, 0.4) is 0 Å². The molecule has 1 aromatic heterocycles. The molecule has 37 heavy (non-hydrogen) atoms. The number of nitrogens with one attached hydrogen (secondary N) is 2. The number of carbonyl (C=O) groups is 2. The summed E-state index contributed by atoms with van der Waals surface area (Å²) in [4.78, 5) is 40.4. The number of halogens is 1. The third-order valence-corrected chi connectivity index (χ3v) is 6.62. The minimum atomic E-state index is -0.699. The second-order valence-corrected chi connectivity index (χ2v) is 8.92. The van der Waals surface area contributed by atoms with E-state index in [2.05, 4.69) is 37.3 Å². The minimum absolute atomic E-state index is 0.00389. The van der Waals surface area contributed by atoms with Crippen LogP contribution in [0.25, 0.3) is 0 Å². The number of hydrogen-bond acceptors (Lipinski definition) is 8. The predicted molar refractivity (Wildman–Crippen MR) is 140 cm³/mol. The van der Waals surface area contributed by atoms with E-state index in [1.807, 2.05) is 13.8 Å². The van der Waals surface area contributed by atoms with Crippen molar-refractivity contribution in [1.29, 1.82) is 0 Å². The van der Waals surface area contributed by atoms with Crippen LogP contribution < -0.4 is 25.2 Å². The molecular formula is C26H32FN7O3. The highest BCUT2D eigenvalue weighted by Gasteiger charge is 2.44. The average Bonchev–Trinajstić information content (AvgIpc) is 2.86. The van der Waals surface area contributed by atoms with E-state index in [0.29, 0.717) is 31.0 Å². The quantitative estimate of drug-likeness (QED) is 0.523. The van der Waals surface area contributed by atoms with Gasteiger partial charge in [-0.3, -0.25) is 14.5 Å². The molecule has 2 N–H and O–H groups in total. The van der Waals surface area contributed by atoms with Crippen molar-refractivity contribution in [2.24, 2.45) is 0 Å². The van der Waals surface area contributed by atoms with Gasteiger partial charge in [-0.25, -0.2) is 9.37 Å². The van der Waals surface area contributed by atoms with Crippen LogP contribution in [0.15, 0.2) is 18.3 Å². The number of methoxy groups -OCH3 is 1. The van der Waals surface area contributed by atoms with Gasteiger partial charge in [0, 0.05) is 32.7 Å². The molecule has 0 unspecified atom stereocenters. The van der Waals surface area contributed by atoms with Crippen molar-refractivity contribution >= 4 is 35.0 Å². The van der Waals surface area contributed by atoms with Gasteiger partial charge in [0.15, 0.2) is 5.82 Å². The van der Waals surface area contributed by atoms with Crippen LogP contribution in [-0.2, 0) is 4.79 Å². The number of anilines is 4. The van der Waals surface area contributed by atoms with E-state index in [-0.39, 0.29) is 40.9 Å². The number of benzene rings is 1. The van der Waals surface area contributed by atoms with Crippen molar-refractivity contribution in [3.63, 3.8) is 0 Å². The van der Waals surface area contributed by atoms with Gasteiger partial charge in [-0.2, -0.15) is 4.98 Å². The van der Waals surface area contributed by atoms with Gasteiger partial charge in [0.2, 0.25) is 11.9 Å². The Balaban J connectivity index is 1.67. The molecule has 10 nitrogen and oxygen atoms in total. The number of amides is 2. The van der Waals surface area contributed by atoms with E-state index < -0.39 is 11.7 Å². The molecule has 1 fully saturated rings. The van der Waals surface area contributed by atoms with Crippen molar-refractivity contribution in [3.05, 3.63) is 29.7 Å². The molecule has 2 amide bonds. The lowest BCUT2D eigenvalue weighted by Crippen LogP contribution is -2.66. The van der Waals surface area contributed by atoms with Gasteiger partial charge in [-0.15, -0.1) is 5.92 Å². The van der Waals surface area contributed by atoms with Crippen LogP contribution in [0.4, 0.5) is 27.5 Å². The number of nitrogens with zero attached hydrogens (tertiary/aromatic N) is 5. The van der Waals surface area contributed by atoms with Gasteiger partial charge in [0.25, 0.3) is 5.91 Å². The molecule has 2 aliphatic heterocycles. The third-order valence-electron chi connectivity index (χ3n) is 6.62. The van der Waals surface area contributed by atoms with Gasteiger partial charge in [-0.1, -0.05) is 12.8 Å². The standard InChI is InChI=1S/C26H32FN7O3/c1-6-9-10-33-14-16(15-33)34-20(7-2)25(36)32(4)21-13-29-26(31-23(21)34)30-19-12-18(27)17(11-22(19)37-5)24(35)28-8-3/h11-13,16,20H,7-8,10,14-15H2,1-5H3,(H,28,35)(H,29,30,31)/t20-/m1/s1. The number of likely N-dealkylation sites (N-methyl/N-ethyl adjacent to an activating group) is 1. The van der Waals surface area contributed by atoms with E-state index in [0.717, 1.165) is 13.1 Å². The fourth-order valence-corrected chi connectivity index (χ4v) is 4.67. The van der Waals surface area contributed by atoms with Crippen LogP contribution in [0.1, 0.15) is 37.6 Å². The highest BCUT2D eigenvalue weighted by atomic mass is 19.1. The Bertz CT molecular complexity index is 1250. The summed E-state index contributed by atoms with van der Waals surface area (Å²) in [5.41, 5.74) is 0.770. The van der Waals surface area contributed by atoms with E-state index in [4.69, 9.17) is 9.72 Å². The lowest BCUT2D eigenvalue weighted by atomic mass is 9.99. The summed E-state index contributed by atoms with van der Waals surface area (Å²) in [7, 11) is 3.16. The minimum Gasteiger partial charge on any atom is -0.495 e. The first-order valence-corrected chi connectivity index (χ1v) is 12.3. The second kappa shape index (κ2) is 11.0. The number of fused-ring (bicyclic) bond motifs is 1. The van der Waals surface area contributed by atoms with Gasteiger partial charge in [0.05, 0.1) is 37.1 Å². The molecule has 3 heterocycles. The first kappa shape index (κ1) is 26.2. The zero-order valence-corrected chi connectivity index (χ0v) is 21.8. The van der Waals surface area contributed by atoms with Crippen molar-refractivity contribution in [1.82, 2.24) is 20.2 Å². The van der Waals surface area contributed by atoms with Crippen molar-refractivity contribution in [2.75, 3.05) is 55.5 Å². The fraction of sp³-hybridized carbons (Fsp3) is 0.462. The van der Waals surface area contributed by atoms with E-state index >= 15 is 0 Å². The molecule has 0 radical (unpaired) electrons. The molecule has 0 spiro atoms. The molecule has 1 atom stereocenters. The van der Waals surface area contributed by atoms with E-state index in [1.165, 1.54) is 19.2 Å². The summed E-state index contributed by atoms with van der Waals surface area (Å²) in [5.74, 6) is 5.90. The molecule has 0 saturated carbocycles. The maximum Gasteiger partial charge on any atom is 0.254 e. The smallest absolute Gasteiger partial charge is 0.254 e. The Labute approximate surface area is 216 Å². The lowest BCUT2D eigenvalue weighted by Gasteiger charge is -2.50. The Hall–Kier alpha value is -3.91. The molecule has 2 aliphatic rings. The van der Waals surface area contributed by atoms with Crippen LogP contribution in [0, 0.1) is 17.7 Å². The Morgan fingerprint density at radius 2 is 2.05 bits per heavy atom. The zero-order valence-electron chi connectivity index (χ0n) is 21.8. The Morgan fingerprint density at radius 3 is 2.70 bits per heavy atom. The summed E-state index contributed by atoms with van der Waals surface area (Å²) < 4.78 is 20.2. The van der Waals surface area contributed by atoms with E-state index in [1.54, 1.807) is 25.1 Å². The summed E-state index contributed by atoms with van der Waals surface area (Å²) in [6.45, 7) is 8.17. The highest BCUT2D eigenvalue weighted by Crippen LogP contribution is 2.39. The molecule has 11 heteroatoms. The Kier molecular flexibility index (Phi) is 7.78. The Morgan fingerprint density at radius 1 is 1.30 bits per heavy atom. The lowest BCUT2D eigenvalue weighted by molar-refractivity contribution is -0.120. The summed E-state index contributed by atoms with van der Waals surface area (Å²) in [6.07, 6.45) is 2.22. The first-order chi connectivity index (χ1) is 17.8. The van der Waals surface area contributed by atoms with Crippen LogP contribution >= 0.6 is 0 Å². The molecule has 1 saturated heterocycles. The number of hydrogen-bond donors (Lipinski definition) is 2. The molecule has 0 bridgehead atoms. The zero-order chi connectivity index (χ0) is 26.7. The van der Waals surface area contributed by atoms with Crippen LogP contribution in [-0.4, -0.2) is 79.1 Å². The largest absolute Gasteiger partial charge is 0.495 e. The monoisotopic (exact) mass is 509 g/mol. The number of rotatable bonds is 8. The molecule has 2 aromatic rings. The van der Waals surface area contributed by atoms with Crippen molar-refractivity contribution in [2.45, 2.75) is 39.3 Å².